The van der Waals surface area contributed by atoms with Crippen LogP contribution in [0.3, 0.4) is 0 Å². The van der Waals surface area contributed by atoms with Gasteiger partial charge in [-0.15, -0.1) is 0 Å². The molecule has 0 aliphatic carbocycles. The Bertz CT molecular complexity index is 824. The highest BCUT2D eigenvalue weighted by molar-refractivity contribution is 5.89. The number of rotatable bonds is 4. The lowest BCUT2D eigenvalue weighted by atomic mass is 10.2. The van der Waals surface area contributed by atoms with Crippen LogP contribution >= 0.6 is 0 Å². The highest BCUT2D eigenvalue weighted by atomic mass is 16.5. The van der Waals surface area contributed by atoms with E-state index in [1.807, 2.05) is 37.4 Å². The van der Waals surface area contributed by atoms with E-state index in [1.54, 1.807) is 22.7 Å². The number of aryl methyl sites for hydroxylation is 1. The molecule has 0 unspecified atom stereocenters. The van der Waals surface area contributed by atoms with E-state index in [9.17, 15) is 4.79 Å². The summed E-state index contributed by atoms with van der Waals surface area (Å²) >= 11 is 0. The molecule has 0 N–H and O–H groups in total. The van der Waals surface area contributed by atoms with Gasteiger partial charge in [0.2, 0.25) is 0 Å². The predicted molar refractivity (Wildman–Crippen MR) is 82.0 cm³/mol. The molecule has 112 valence electrons. The molecular weight excluding hydrogens is 280 g/mol. The van der Waals surface area contributed by atoms with Crippen molar-refractivity contribution in [3.8, 4) is 5.75 Å². The zero-order chi connectivity index (χ0) is 15.5. The molecule has 1 aromatic carbocycles. The zero-order valence-electron chi connectivity index (χ0n) is 12.4. The van der Waals surface area contributed by atoms with E-state index in [2.05, 4.69) is 4.98 Å². The number of carbonyl (C=O) groups excluding carboxylic acids is 1. The molecule has 5 nitrogen and oxygen atoms in total. The molecule has 0 atom stereocenters. The second-order valence-corrected chi connectivity index (χ2v) is 5.01. The largest absolute Gasteiger partial charge is 0.487 e. The molecular formula is C17H16N2O3. The van der Waals surface area contributed by atoms with E-state index in [4.69, 9.17) is 9.47 Å². The van der Waals surface area contributed by atoms with Crippen LogP contribution in [0.4, 0.5) is 0 Å². The number of aromatic nitrogens is 2. The van der Waals surface area contributed by atoms with Crippen LogP contribution in [-0.2, 0) is 11.3 Å². The molecule has 0 saturated heterocycles. The van der Waals surface area contributed by atoms with Gasteiger partial charge in [-0.1, -0.05) is 12.1 Å². The minimum Gasteiger partial charge on any atom is -0.487 e. The molecule has 0 saturated carbocycles. The topological polar surface area (TPSA) is 52.8 Å². The number of esters is 1. The van der Waals surface area contributed by atoms with Crippen LogP contribution < -0.4 is 4.74 Å². The standard InChI is InChI=1S/C17H16N2O3/c1-12-4-3-5-15(8-12)22-11-14-10-19-9-13(17(20)21-2)6-7-16(19)18-14/h3-10H,11H2,1-2H3. The average Bonchev–Trinajstić information content (AvgIpc) is 2.94. The third kappa shape index (κ3) is 2.93. The van der Waals surface area contributed by atoms with E-state index >= 15 is 0 Å². The molecule has 0 spiro atoms. The second-order valence-electron chi connectivity index (χ2n) is 5.01. The summed E-state index contributed by atoms with van der Waals surface area (Å²) in [7, 11) is 1.36. The highest BCUT2D eigenvalue weighted by Crippen LogP contribution is 2.15. The van der Waals surface area contributed by atoms with Gasteiger partial charge in [-0.2, -0.15) is 0 Å². The Kier molecular flexibility index (Phi) is 3.78. The van der Waals surface area contributed by atoms with Crippen LogP contribution in [-0.4, -0.2) is 22.5 Å². The number of carbonyl (C=O) groups is 1. The number of fused-ring (bicyclic) bond motifs is 1. The zero-order valence-corrected chi connectivity index (χ0v) is 12.4. The predicted octanol–water partition coefficient (Wildman–Crippen LogP) is 3.01. The van der Waals surface area contributed by atoms with E-state index in [-0.39, 0.29) is 5.97 Å². The highest BCUT2D eigenvalue weighted by Gasteiger charge is 2.08. The minimum absolute atomic E-state index is 0.367. The van der Waals surface area contributed by atoms with E-state index in [0.717, 1.165) is 22.7 Å². The fourth-order valence-corrected chi connectivity index (χ4v) is 2.21. The Balaban J connectivity index is 1.78. The lowest BCUT2D eigenvalue weighted by Gasteiger charge is -2.04. The summed E-state index contributed by atoms with van der Waals surface area (Å²) in [6.07, 6.45) is 3.54. The van der Waals surface area contributed by atoms with E-state index in [0.29, 0.717) is 12.2 Å². The summed E-state index contributed by atoms with van der Waals surface area (Å²) in [4.78, 5) is 16.0. The maximum atomic E-state index is 11.5. The van der Waals surface area contributed by atoms with Gasteiger partial charge in [0.1, 0.15) is 18.0 Å². The Morgan fingerprint density at radius 2 is 2.09 bits per heavy atom. The molecule has 0 aliphatic heterocycles. The van der Waals surface area contributed by atoms with Crippen LogP contribution in [0.2, 0.25) is 0 Å². The normalized spacial score (nSPS) is 10.6. The van der Waals surface area contributed by atoms with Crippen molar-refractivity contribution in [3.05, 3.63) is 65.6 Å². The van der Waals surface area contributed by atoms with Crippen molar-refractivity contribution in [3.63, 3.8) is 0 Å². The first-order chi connectivity index (χ1) is 10.7. The van der Waals surface area contributed by atoms with Crippen molar-refractivity contribution in [2.45, 2.75) is 13.5 Å². The van der Waals surface area contributed by atoms with Crippen LogP contribution in [0.5, 0.6) is 5.75 Å². The fourth-order valence-electron chi connectivity index (χ4n) is 2.21. The van der Waals surface area contributed by atoms with Crippen molar-refractivity contribution < 1.29 is 14.3 Å². The van der Waals surface area contributed by atoms with E-state index < -0.39 is 0 Å². The van der Waals surface area contributed by atoms with Crippen molar-refractivity contribution in [1.29, 1.82) is 0 Å². The molecule has 22 heavy (non-hydrogen) atoms. The molecule has 2 aromatic heterocycles. The number of pyridine rings is 1. The number of nitrogens with zero attached hydrogens (tertiary/aromatic N) is 2. The third-order valence-corrected chi connectivity index (χ3v) is 3.30. The SMILES string of the molecule is COC(=O)c1ccc2nc(COc3cccc(C)c3)cn2c1. The molecule has 0 fully saturated rings. The maximum Gasteiger partial charge on any atom is 0.339 e. The molecule has 0 amide bonds. The Morgan fingerprint density at radius 3 is 2.86 bits per heavy atom. The average molecular weight is 296 g/mol. The summed E-state index contributed by atoms with van der Waals surface area (Å²) in [5, 5.41) is 0. The number of benzene rings is 1. The number of hydrogen-bond acceptors (Lipinski definition) is 4. The van der Waals surface area contributed by atoms with Crippen LogP contribution in [0.15, 0.2) is 48.8 Å². The van der Waals surface area contributed by atoms with Gasteiger partial charge in [0.05, 0.1) is 18.4 Å². The lowest BCUT2D eigenvalue weighted by molar-refractivity contribution is 0.0600. The summed E-state index contributed by atoms with van der Waals surface area (Å²) < 4.78 is 12.2. The van der Waals surface area contributed by atoms with Gasteiger partial charge in [-0.05, 0) is 36.8 Å². The number of hydrogen-bond donors (Lipinski definition) is 0. The number of ether oxygens (including phenoxy) is 2. The van der Waals surface area contributed by atoms with E-state index in [1.165, 1.54) is 7.11 Å². The van der Waals surface area contributed by atoms with Crippen molar-refractivity contribution >= 4 is 11.6 Å². The van der Waals surface area contributed by atoms with Gasteiger partial charge in [0.25, 0.3) is 0 Å². The van der Waals surface area contributed by atoms with Gasteiger partial charge in [-0.25, -0.2) is 9.78 Å². The molecule has 3 aromatic rings. The molecule has 0 radical (unpaired) electrons. The Labute approximate surface area is 128 Å². The quantitative estimate of drug-likeness (QED) is 0.694. The molecule has 0 aliphatic rings. The van der Waals surface area contributed by atoms with Gasteiger partial charge in [0.15, 0.2) is 0 Å². The smallest absolute Gasteiger partial charge is 0.339 e. The van der Waals surface area contributed by atoms with Crippen molar-refractivity contribution in [2.24, 2.45) is 0 Å². The summed E-state index contributed by atoms with van der Waals surface area (Å²) in [5.74, 6) is 0.445. The first-order valence-electron chi connectivity index (χ1n) is 6.91. The van der Waals surface area contributed by atoms with Crippen LogP contribution in [0.25, 0.3) is 5.65 Å². The van der Waals surface area contributed by atoms with Crippen LogP contribution in [0.1, 0.15) is 21.6 Å². The summed E-state index contributed by atoms with van der Waals surface area (Å²) in [6, 6.07) is 11.3. The minimum atomic E-state index is -0.367. The number of methoxy groups -OCH3 is 1. The Hall–Kier alpha value is -2.82. The maximum absolute atomic E-state index is 11.5. The fraction of sp³-hybridized carbons (Fsp3) is 0.176. The molecule has 3 rings (SSSR count). The summed E-state index contributed by atoms with van der Waals surface area (Å²) in [5.41, 5.74) is 3.19. The second kappa shape index (κ2) is 5.89. The summed E-state index contributed by atoms with van der Waals surface area (Å²) in [6.45, 7) is 2.39. The monoisotopic (exact) mass is 296 g/mol. The lowest BCUT2D eigenvalue weighted by Crippen LogP contribution is -2.02. The molecule has 5 heteroatoms. The molecule has 0 bridgehead atoms. The van der Waals surface area contributed by atoms with Gasteiger partial charge < -0.3 is 13.9 Å². The van der Waals surface area contributed by atoms with Crippen molar-refractivity contribution in [1.82, 2.24) is 9.38 Å². The first-order valence-corrected chi connectivity index (χ1v) is 6.91. The van der Waals surface area contributed by atoms with Gasteiger partial charge >= 0.3 is 5.97 Å². The molecule has 2 heterocycles. The first kappa shape index (κ1) is 14.1. The van der Waals surface area contributed by atoms with Gasteiger partial charge in [-0.3, -0.25) is 0 Å². The Morgan fingerprint density at radius 1 is 1.23 bits per heavy atom. The number of imidazole rings is 1. The van der Waals surface area contributed by atoms with Gasteiger partial charge in [0, 0.05) is 12.4 Å². The third-order valence-electron chi connectivity index (χ3n) is 3.30. The van der Waals surface area contributed by atoms with Crippen LogP contribution in [0, 0.1) is 6.92 Å². The van der Waals surface area contributed by atoms with Crippen molar-refractivity contribution in [2.75, 3.05) is 7.11 Å².